The number of aliphatic imine (C=N–C) groups is 1. The fourth-order valence-electron chi connectivity index (χ4n) is 2.21. The number of isocyanates is 1. The van der Waals surface area contributed by atoms with Gasteiger partial charge in [0.1, 0.15) is 10.4 Å². The van der Waals surface area contributed by atoms with Crippen LogP contribution < -0.4 is 0 Å². The molecule has 0 radical (unpaired) electrons. The Morgan fingerprint density at radius 3 is 2.80 bits per heavy atom. The van der Waals surface area contributed by atoms with E-state index in [0.29, 0.717) is 17.3 Å². The Hall–Kier alpha value is -0.720. The molecule has 0 amide bonds. The van der Waals surface area contributed by atoms with E-state index in [9.17, 15) is 13.2 Å². The molecule has 2 heterocycles. The van der Waals surface area contributed by atoms with Crippen molar-refractivity contribution < 1.29 is 13.2 Å². The lowest BCUT2D eigenvalue weighted by molar-refractivity contribution is 0.331. The first-order valence-corrected chi connectivity index (χ1v) is 8.95. The van der Waals surface area contributed by atoms with Gasteiger partial charge in [-0.2, -0.15) is 9.30 Å². The molecule has 1 unspecified atom stereocenters. The van der Waals surface area contributed by atoms with E-state index in [1.165, 1.54) is 10.4 Å². The lowest BCUT2D eigenvalue weighted by atomic mass is 10.2. The number of sulfonamides is 1. The molecule has 20 heavy (non-hydrogen) atoms. The molecular formula is C12H15ClN2O3S2. The third-order valence-corrected chi connectivity index (χ3v) is 7.17. The Morgan fingerprint density at radius 1 is 1.45 bits per heavy atom. The summed E-state index contributed by atoms with van der Waals surface area (Å²) in [6.45, 7) is 2.13. The van der Waals surface area contributed by atoms with Crippen LogP contribution in [-0.2, 0) is 14.8 Å². The maximum Gasteiger partial charge on any atom is 0.254 e. The van der Waals surface area contributed by atoms with E-state index in [2.05, 4.69) is 4.99 Å². The summed E-state index contributed by atoms with van der Waals surface area (Å²) in [7, 11) is -3.66. The molecule has 0 N–H and O–H groups in total. The van der Waals surface area contributed by atoms with Gasteiger partial charge in [-0.1, -0.05) is 18.0 Å². The van der Waals surface area contributed by atoms with Crippen molar-refractivity contribution in [3.63, 3.8) is 0 Å². The van der Waals surface area contributed by atoms with Crippen molar-refractivity contribution in [3.8, 4) is 0 Å². The summed E-state index contributed by atoms with van der Waals surface area (Å²) in [5, 5.41) is 0. The van der Waals surface area contributed by atoms with Gasteiger partial charge in [-0.15, -0.1) is 11.3 Å². The second-order valence-electron chi connectivity index (χ2n) is 4.69. The van der Waals surface area contributed by atoms with Crippen LogP contribution in [0, 0.1) is 6.92 Å². The maximum atomic E-state index is 12.7. The molecular weight excluding hydrogens is 320 g/mol. The van der Waals surface area contributed by atoms with E-state index in [0.717, 1.165) is 36.2 Å². The van der Waals surface area contributed by atoms with Crippen LogP contribution in [0.5, 0.6) is 0 Å². The molecule has 2 rings (SSSR count). The highest BCUT2D eigenvalue weighted by Gasteiger charge is 2.33. The second-order valence-corrected chi connectivity index (χ2v) is 8.46. The summed E-state index contributed by atoms with van der Waals surface area (Å²) < 4.78 is 27.3. The zero-order chi connectivity index (χ0) is 14.8. The number of halogens is 1. The Kier molecular flexibility index (Phi) is 4.99. The van der Waals surface area contributed by atoms with Crippen LogP contribution in [-0.4, -0.2) is 31.5 Å². The quantitative estimate of drug-likeness (QED) is 0.630. The third-order valence-electron chi connectivity index (χ3n) is 3.27. The average molecular weight is 335 g/mol. The SMILES string of the molecule is Cc1cc(S(=O)(=O)N2CCCCCC2N=C=O)sc1Cl. The largest absolute Gasteiger partial charge is 0.254 e. The van der Waals surface area contributed by atoms with E-state index in [-0.39, 0.29) is 4.21 Å². The molecule has 110 valence electrons. The summed E-state index contributed by atoms with van der Waals surface area (Å²) in [5.74, 6) is 0. The van der Waals surface area contributed by atoms with Gasteiger partial charge in [0.15, 0.2) is 0 Å². The first-order chi connectivity index (χ1) is 9.46. The standard InChI is InChI=1S/C12H15ClN2O3S2/c1-9-7-11(19-12(9)13)20(17,18)15-6-4-2-3-5-10(15)14-8-16/h7,10H,2-6H2,1H3. The van der Waals surface area contributed by atoms with E-state index in [4.69, 9.17) is 11.6 Å². The van der Waals surface area contributed by atoms with Crippen LogP contribution in [0.25, 0.3) is 0 Å². The molecule has 0 bridgehead atoms. The molecule has 0 aliphatic carbocycles. The molecule has 1 aliphatic rings. The van der Waals surface area contributed by atoms with Gasteiger partial charge in [0, 0.05) is 6.54 Å². The molecule has 5 nitrogen and oxygen atoms in total. The molecule has 1 aliphatic heterocycles. The normalized spacial score (nSPS) is 21.2. The van der Waals surface area contributed by atoms with Gasteiger partial charge in [0.25, 0.3) is 10.0 Å². The van der Waals surface area contributed by atoms with E-state index in [1.54, 1.807) is 13.0 Å². The van der Waals surface area contributed by atoms with E-state index >= 15 is 0 Å². The number of hydrogen-bond donors (Lipinski definition) is 0. The summed E-state index contributed by atoms with van der Waals surface area (Å²) in [5.41, 5.74) is 0.737. The lowest BCUT2D eigenvalue weighted by Gasteiger charge is -2.24. The summed E-state index contributed by atoms with van der Waals surface area (Å²) in [6, 6.07) is 1.56. The van der Waals surface area contributed by atoms with Crippen molar-refractivity contribution in [1.82, 2.24) is 4.31 Å². The highest BCUT2D eigenvalue weighted by molar-refractivity contribution is 7.91. The molecule has 0 saturated carbocycles. The maximum absolute atomic E-state index is 12.7. The minimum atomic E-state index is -3.66. The van der Waals surface area contributed by atoms with Crippen LogP contribution in [0.3, 0.4) is 0 Å². The van der Waals surface area contributed by atoms with Crippen LogP contribution in [0.2, 0.25) is 4.34 Å². The molecule has 8 heteroatoms. The van der Waals surface area contributed by atoms with Gasteiger partial charge in [-0.05, 0) is 37.8 Å². The number of aryl methyl sites for hydroxylation is 1. The predicted molar refractivity (Wildman–Crippen MR) is 78.3 cm³/mol. The van der Waals surface area contributed by atoms with Crippen molar-refractivity contribution in [2.45, 2.75) is 43.0 Å². The first-order valence-electron chi connectivity index (χ1n) is 6.31. The highest BCUT2D eigenvalue weighted by atomic mass is 35.5. The molecule has 1 saturated heterocycles. The molecule has 1 aromatic rings. The van der Waals surface area contributed by atoms with Gasteiger partial charge in [0.05, 0.1) is 4.34 Å². The number of carbonyl (C=O) groups excluding carboxylic acids is 1. The minimum Gasteiger partial charge on any atom is -0.211 e. The molecule has 1 aromatic heterocycles. The zero-order valence-corrected chi connectivity index (χ0v) is 13.4. The minimum absolute atomic E-state index is 0.202. The van der Waals surface area contributed by atoms with Gasteiger partial charge in [0.2, 0.25) is 6.08 Å². The van der Waals surface area contributed by atoms with Crippen molar-refractivity contribution in [2.75, 3.05) is 6.54 Å². The fourth-order valence-corrected chi connectivity index (χ4v) is 5.64. The Labute approximate surface area is 127 Å². The van der Waals surface area contributed by atoms with Gasteiger partial charge in [-0.3, -0.25) is 0 Å². The van der Waals surface area contributed by atoms with Crippen LogP contribution in [0.4, 0.5) is 0 Å². The van der Waals surface area contributed by atoms with Gasteiger partial charge < -0.3 is 0 Å². The van der Waals surface area contributed by atoms with Crippen LogP contribution in [0.1, 0.15) is 31.2 Å². The second kappa shape index (κ2) is 6.37. The lowest BCUT2D eigenvalue weighted by Crippen LogP contribution is -2.38. The molecule has 0 spiro atoms. The van der Waals surface area contributed by atoms with Crippen LogP contribution in [0.15, 0.2) is 15.3 Å². The Balaban J connectivity index is 2.41. The van der Waals surface area contributed by atoms with Crippen molar-refractivity contribution >= 4 is 39.0 Å². The van der Waals surface area contributed by atoms with Crippen molar-refractivity contribution in [1.29, 1.82) is 0 Å². The fraction of sp³-hybridized carbons (Fsp3) is 0.583. The van der Waals surface area contributed by atoms with Gasteiger partial charge in [-0.25, -0.2) is 13.2 Å². The van der Waals surface area contributed by atoms with Crippen LogP contribution >= 0.6 is 22.9 Å². The summed E-state index contributed by atoms with van der Waals surface area (Å²) in [6.07, 6.45) is 3.93. The number of rotatable bonds is 3. The van der Waals surface area contributed by atoms with Crippen molar-refractivity contribution in [2.24, 2.45) is 4.99 Å². The average Bonchev–Trinajstić information content (AvgIpc) is 2.63. The van der Waals surface area contributed by atoms with E-state index < -0.39 is 16.2 Å². The van der Waals surface area contributed by atoms with E-state index in [1.807, 2.05) is 0 Å². The summed E-state index contributed by atoms with van der Waals surface area (Å²) >= 11 is 6.99. The Morgan fingerprint density at radius 2 is 2.20 bits per heavy atom. The molecule has 1 atom stereocenters. The number of nitrogens with zero attached hydrogens (tertiary/aromatic N) is 2. The third kappa shape index (κ3) is 3.13. The zero-order valence-electron chi connectivity index (χ0n) is 11.0. The molecule has 1 fully saturated rings. The molecule has 0 aromatic carbocycles. The predicted octanol–water partition coefficient (Wildman–Crippen LogP) is 2.94. The monoisotopic (exact) mass is 334 g/mol. The first kappa shape index (κ1) is 15.7. The smallest absolute Gasteiger partial charge is 0.211 e. The number of hydrogen-bond acceptors (Lipinski definition) is 5. The summed E-state index contributed by atoms with van der Waals surface area (Å²) in [4.78, 5) is 14.2. The van der Waals surface area contributed by atoms with Gasteiger partial charge >= 0.3 is 0 Å². The Bertz CT molecular complexity index is 616. The highest BCUT2D eigenvalue weighted by Crippen LogP contribution is 2.34. The number of thiophene rings is 1. The van der Waals surface area contributed by atoms with Crippen molar-refractivity contribution in [3.05, 3.63) is 16.0 Å². The topological polar surface area (TPSA) is 66.8 Å².